The first kappa shape index (κ1) is 19.0. The van der Waals surface area contributed by atoms with Crippen LogP contribution in [0.4, 0.5) is 5.95 Å². The zero-order chi connectivity index (χ0) is 19.6. The molecule has 1 aliphatic heterocycles. The first-order valence-electron chi connectivity index (χ1n) is 8.21. The van der Waals surface area contributed by atoms with E-state index in [-0.39, 0.29) is 31.2 Å². The van der Waals surface area contributed by atoms with E-state index in [0.717, 1.165) is 4.90 Å². The maximum atomic E-state index is 12.2. The van der Waals surface area contributed by atoms with Crippen molar-refractivity contribution < 1.29 is 22.5 Å². The van der Waals surface area contributed by atoms with Gasteiger partial charge in [0, 0.05) is 20.6 Å². The Labute approximate surface area is 156 Å². The summed E-state index contributed by atoms with van der Waals surface area (Å²) in [5.41, 5.74) is 0.688. The molecule has 0 saturated heterocycles. The topological polar surface area (TPSA) is 126 Å². The smallest absolute Gasteiger partial charge is 0.265 e. The van der Waals surface area contributed by atoms with Gasteiger partial charge in [0.2, 0.25) is 15.9 Å². The molecule has 0 aliphatic carbocycles. The third-order valence-corrected chi connectivity index (χ3v) is 5.38. The third kappa shape index (κ3) is 4.14. The van der Waals surface area contributed by atoms with Crippen LogP contribution in [0, 0.1) is 0 Å². The summed E-state index contributed by atoms with van der Waals surface area (Å²) in [5.74, 6) is -0.557. The van der Waals surface area contributed by atoms with Crippen molar-refractivity contribution in [2.45, 2.75) is 13.0 Å². The molecule has 144 valence electrons. The van der Waals surface area contributed by atoms with Crippen LogP contribution in [-0.4, -0.2) is 61.7 Å². The molecular formula is C16H19N5O5S. The first-order valence-corrected chi connectivity index (χ1v) is 9.86. The molecule has 2 amide bonds. The van der Waals surface area contributed by atoms with Crippen LogP contribution in [-0.2, 0) is 16.6 Å². The summed E-state index contributed by atoms with van der Waals surface area (Å²) < 4.78 is 31.5. The summed E-state index contributed by atoms with van der Waals surface area (Å²) in [4.78, 5) is 31.2. The number of anilines is 1. The van der Waals surface area contributed by atoms with Gasteiger partial charge in [-0.05, 0) is 23.7 Å². The van der Waals surface area contributed by atoms with Crippen LogP contribution >= 0.6 is 0 Å². The van der Waals surface area contributed by atoms with Crippen molar-refractivity contribution >= 4 is 27.8 Å². The quantitative estimate of drug-likeness (QED) is 0.632. The standard InChI is InChI=1S/C16H19N5O5S/c1-20(2)16-18-13(26-19-16)10-17-27(24,25)9-5-8-21-14(22)11-6-3-4-7-12(11)15(21)23/h3-4,6-7,17H,5,8-10H2,1-2H3. The number of sulfonamides is 1. The number of imide groups is 1. The summed E-state index contributed by atoms with van der Waals surface area (Å²) in [6.45, 7) is -0.102. The number of benzene rings is 1. The van der Waals surface area contributed by atoms with E-state index in [1.54, 1.807) is 43.3 Å². The van der Waals surface area contributed by atoms with Gasteiger partial charge >= 0.3 is 0 Å². The van der Waals surface area contributed by atoms with E-state index < -0.39 is 21.8 Å². The molecule has 0 spiro atoms. The molecule has 0 bridgehead atoms. The third-order valence-electron chi connectivity index (χ3n) is 3.97. The second kappa shape index (κ2) is 7.45. The number of nitrogens with one attached hydrogen (secondary N) is 1. The van der Waals surface area contributed by atoms with Crippen molar-refractivity contribution in [3.05, 3.63) is 41.3 Å². The molecule has 2 heterocycles. The van der Waals surface area contributed by atoms with Crippen LogP contribution in [0.15, 0.2) is 28.8 Å². The zero-order valence-electron chi connectivity index (χ0n) is 14.9. The number of hydrogen-bond acceptors (Lipinski definition) is 8. The van der Waals surface area contributed by atoms with Gasteiger partial charge < -0.3 is 9.42 Å². The van der Waals surface area contributed by atoms with E-state index in [4.69, 9.17) is 4.52 Å². The fourth-order valence-electron chi connectivity index (χ4n) is 2.60. The molecule has 0 atom stereocenters. The molecule has 0 unspecified atom stereocenters. The monoisotopic (exact) mass is 393 g/mol. The highest BCUT2D eigenvalue weighted by atomic mass is 32.2. The zero-order valence-corrected chi connectivity index (χ0v) is 15.7. The van der Waals surface area contributed by atoms with Crippen LogP contribution < -0.4 is 9.62 Å². The Balaban J connectivity index is 1.51. The molecule has 1 N–H and O–H groups in total. The molecule has 10 nitrogen and oxygen atoms in total. The molecule has 1 aromatic carbocycles. The Hall–Kier alpha value is -2.79. The number of carbonyl (C=O) groups excluding carboxylic acids is 2. The molecule has 0 radical (unpaired) electrons. The van der Waals surface area contributed by atoms with Gasteiger partial charge in [0.15, 0.2) is 0 Å². The van der Waals surface area contributed by atoms with E-state index in [1.807, 2.05) is 0 Å². The molecule has 0 fully saturated rings. The van der Waals surface area contributed by atoms with Gasteiger partial charge in [-0.2, -0.15) is 4.98 Å². The van der Waals surface area contributed by atoms with Crippen LogP contribution in [0.25, 0.3) is 0 Å². The molecule has 0 saturated carbocycles. The molecule has 2 aromatic rings. The summed E-state index contributed by atoms with van der Waals surface area (Å²) in [6, 6.07) is 6.53. The van der Waals surface area contributed by atoms with E-state index >= 15 is 0 Å². The van der Waals surface area contributed by atoms with Gasteiger partial charge in [0.25, 0.3) is 17.8 Å². The molecule has 3 rings (SSSR count). The van der Waals surface area contributed by atoms with Crippen LogP contribution in [0.5, 0.6) is 0 Å². The van der Waals surface area contributed by atoms with Crippen molar-refractivity contribution in [1.82, 2.24) is 19.8 Å². The highest BCUT2D eigenvalue weighted by molar-refractivity contribution is 7.89. The van der Waals surface area contributed by atoms with Gasteiger partial charge in [-0.1, -0.05) is 12.1 Å². The lowest BCUT2D eigenvalue weighted by molar-refractivity contribution is 0.0654. The number of nitrogens with zero attached hydrogens (tertiary/aromatic N) is 4. The Kier molecular flexibility index (Phi) is 5.24. The number of fused-ring (bicyclic) bond motifs is 1. The maximum absolute atomic E-state index is 12.2. The minimum atomic E-state index is -3.63. The van der Waals surface area contributed by atoms with Gasteiger partial charge in [0.05, 0.1) is 23.4 Å². The molecular weight excluding hydrogens is 374 g/mol. The molecule has 1 aliphatic rings. The highest BCUT2D eigenvalue weighted by Gasteiger charge is 2.34. The number of carbonyl (C=O) groups is 2. The minimum absolute atomic E-state index is 0.0264. The number of aromatic nitrogens is 2. The summed E-state index contributed by atoms with van der Waals surface area (Å²) >= 11 is 0. The first-order chi connectivity index (χ1) is 12.8. The Morgan fingerprint density at radius 1 is 1.15 bits per heavy atom. The van der Waals surface area contributed by atoms with E-state index in [2.05, 4.69) is 14.9 Å². The lowest BCUT2D eigenvalue weighted by Crippen LogP contribution is -2.33. The van der Waals surface area contributed by atoms with Crippen LogP contribution in [0.3, 0.4) is 0 Å². The van der Waals surface area contributed by atoms with Crippen LogP contribution in [0.1, 0.15) is 33.0 Å². The Morgan fingerprint density at radius 2 is 1.78 bits per heavy atom. The van der Waals surface area contributed by atoms with Crippen molar-refractivity contribution in [2.24, 2.45) is 0 Å². The largest absolute Gasteiger partial charge is 0.344 e. The van der Waals surface area contributed by atoms with Crippen molar-refractivity contribution in [1.29, 1.82) is 0 Å². The SMILES string of the molecule is CN(C)c1noc(CNS(=O)(=O)CCCN2C(=O)c3ccccc3C2=O)n1. The predicted molar refractivity (Wildman–Crippen MR) is 95.7 cm³/mol. The van der Waals surface area contributed by atoms with E-state index in [1.165, 1.54) is 0 Å². The van der Waals surface area contributed by atoms with Gasteiger partial charge in [-0.25, -0.2) is 13.1 Å². The molecule has 11 heteroatoms. The number of rotatable bonds is 8. The second-order valence-electron chi connectivity index (χ2n) is 6.18. The van der Waals surface area contributed by atoms with E-state index in [9.17, 15) is 18.0 Å². The average Bonchev–Trinajstić information content (AvgIpc) is 3.20. The average molecular weight is 393 g/mol. The maximum Gasteiger partial charge on any atom is 0.265 e. The molecule has 1 aromatic heterocycles. The van der Waals surface area contributed by atoms with Crippen molar-refractivity contribution in [3.8, 4) is 0 Å². The van der Waals surface area contributed by atoms with Gasteiger partial charge in [-0.15, -0.1) is 0 Å². The van der Waals surface area contributed by atoms with Crippen LogP contribution in [0.2, 0.25) is 0 Å². The molecule has 27 heavy (non-hydrogen) atoms. The fourth-order valence-corrected chi connectivity index (χ4v) is 3.59. The summed E-state index contributed by atoms with van der Waals surface area (Å²) in [7, 11) is -0.157. The van der Waals surface area contributed by atoms with Crippen molar-refractivity contribution in [2.75, 3.05) is 31.3 Å². The summed E-state index contributed by atoms with van der Waals surface area (Å²) in [6.07, 6.45) is 0.119. The van der Waals surface area contributed by atoms with Gasteiger partial charge in [-0.3, -0.25) is 14.5 Å². The summed E-state index contributed by atoms with van der Waals surface area (Å²) in [5, 5.41) is 3.69. The number of hydrogen-bond donors (Lipinski definition) is 1. The van der Waals surface area contributed by atoms with Crippen molar-refractivity contribution in [3.63, 3.8) is 0 Å². The number of amides is 2. The van der Waals surface area contributed by atoms with Gasteiger partial charge in [0.1, 0.15) is 0 Å². The lowest BCUT2D eigenvalue weighted by Gasteiger charge is -2.13. The van der Waals surface area contributed by atoms with E-state index in [0.29, 0.717) is 17.1 Å². The second-order valence-corrected chi connectivity index (χ2v) is 8.11. The minimum Gasteiger partial charge on any atom is -0.344 e. The normalized spacial score (nSPS) is 13.9. The lowest BCUT2D eigenvalue weighted by atomic mass is 10.1. The fraction of sp³-hybridized carbons (Fsp3) is 0.375. The highest BCUT2D eigenvalue weighted by Crippen LogP contribution is 2.22. The predicted octanol–water partition coefficient (Wildman–Crippen LogP) is 0.241. The Morgan fingerprint density at radius 3 is 2.33 bits per heavy atom. The Bertz CT molecular complexity index is 934.